The van der Waals surface area contributed by atoms with Crippen LogP contribution in [-0.2, 0) is 9.59 Å². The van der Waals surface area contributed by atoms with Crippen LogP contribution in [0.25, 0.3) is 0 Å². The lowest BCUT2D eigenvalue weighted by Gasteiger charge is -2.43. The number of allylic oxidation sites excluding steroid dienone is 3. The van der Waals surface area contributed by atoms with Crippen molar-refractivity contribution in [1.82, 2.24) is 4.90 Å². The molecule has 40 heavy (non-hydrogen) atoms. The van der Waals surface area contributed by atoms with Crippen molar-refractivity contribution in [2.24, 2.45) is 17.3 Å². The number of rotatable bonds is 6. The molecule has 0 aromatic heterocycles. The van der Waals surface area contributed by atoms with Gasteiger partial charge in [-0.25, -0.2) is 4.39 Å². The summed E-state index contributed by atoms with van der Waals surface area (Å²) in [4.78, 5) is 31.5. The average Bonchev–Trinajstić information content (AvgIpc) is 3.31. The molecule has 5 rings (SSSR count). The van der Waals surface area contributed by atoms with E-state index in [1.54, 1.807) is 6.92 Å². The van der Waals surface area contributed by atoms with Gasteiger partial charge in [-0.2, -0.15) is 0 Å². The van der Waals surface area contributed by atoms with E-state index in [9.17, 15) is 9.59 Å². The molecule has 2 amide bonds. The summed E-state index contributed by atoms with van der Waals surface area (Å²) in [5, 5.41) is 3.13. The number of amides is 2. The van der Waals surface area contributed by atoms with Crippen molar-refractivity contribution >= 4 is 23.2 Å². The molecule has 0 radical (unpaired) electrons. The molecule has 1 aliphatic carbocycles. The van der Waals surface area contributed by atoms with Crippen LogP contribution < -0.4 is 10.2 Å². The number of likely N-dealkylation sites (tertiary alicyclic amines) is 1. The highest BCUT2D eigenvalue weighted by molar-refractivity contribution is 5.97. The van der Waals surface area contributed by atoms with Crippen molar-refractivity contribution < 1.29 is 14.0 Å². The van der Waals surface area contributed by atoms with Gasteiger partial charge in [-0.05, 0) is 66.9 Å². The molecule has 2 heterocycles. The smallest absolute Gasteiger partial charge is 0.253 e. The fourth-order valence-electron chi connectivity index (χ4n) is 6.59. The fraction of sp³-hybridized carbons (Fsp3) is 0.471. The predicted molar refractivity (Wildman–Crippen MR) is 160 cm³/mol. The van der Waals surface area contributed by atoms with Crippen LogP contribution in [0, 0.1) is 17.3 Å². The monoisotopic (exact) mass is 543 g/mol. The van der Waals surface area contributed by atoms with E-state index in [4.69, 9.17) is 0 Å². The second-order valence-corrected chi connectivity index (χ2v) is 12.6. The fourth-order valence-corrected chi connectivity index (χ4v) is 6.59. The number of carbonyl (C=O) groups is 2. The van der Waals surface area contributed by atoms with Crippen molar-refractivity contribution in [3.63, 3.8) is 0 Å². The van der Waals surface area contributed by atoms with Crippen LogP contribution in [0.1, 0.15) is 65.0 Å². The number of alkyl halides is 1. The van der Waals surface area contributed by atoms with Gasteiger partial charge in [-0.3, -0.25) is 9.59 Å². The van der Waals surface area contributed by atoms with E-state index in [0.717, 1.165) is 49.3 Å². The summed E-state index contributed by atoms with van der Waals surface area (Å²) in [5.74, 6) is -0.724. The average molecular weight is 544 g/mol. The Balaban J connectivity index is 1.35. The lowest BCUT2D eigenvalue weighted by Crippen LogP contribution is -2.46. The molecule has 0 saturated carbocycles. The Labute approximate surface area is 238 Å². The molecule has 5 nitrogen and oxygen atoms in total. The lowest BCUT2D eigenvalue weighted by atomic mass is 9.81. The Kier molecular flexibility index (Phi) is 8.16. The van der Waals surface area contributed by atoms with Gasteiger partial charge < -0.3 is 15.1 Å². The maximum Gasteiger partial charge on any atom is 0.253 e. The van der Waals surface area contributed by atoms with Gasteiger partial charge in [0.15, 0.2) is 0 Å². The van der Waals surface area contributed by atoms with E-state index in [1.807, 2.05) is 66.4 Å². The third-order valence-electron chi connectivity index (χ3n) is 8.82. The van der Waals surface area contributed by atoms with Gasteiger partial charge in [0.25, 0.3) is 5.91 Å². The third-order valence-corrected chi connectivity index (χ3v) is 8.82. The van der Waals surface area contributed by atoms with Crippen LogP contribution in [0.3, 0.4) is 0 Å². The van der Waals surface area contributed by atoms with Crippen LogP contribution in [0.15, 0.2) is 77.9 Å². The summed E-state index contributed by atoms with van der Waals surface area (Å²) in [6, 6.07) is 17.7. The summed E-state index contributed by atoms with van der Waals surface area (Å²) in [6.07, 6.45) is 5.40. The molecular weight excluding hydrogens is 501 g/mol. The van der Waals surface area contributed by atoms with Gasteiger partial charge in [0.2, 0.25) is 5.91 Å². The summed E-state index contributed by atoms with van der Waals surface area (Å²) >= 11 is 0. The van der Waals surface area contributed by atoms with Gasteiger partial charge >= 0.3 is 0 Å². The zero-order valence-electron chi connectivity index (χ0n) is 24.2. The van der Waals surface area contributed by atoms with E-state index in [0.29, 0.717) is 17.5 Å². The first-order valence-corrected chi connectivity index (χ1v) is 14.7. The number of carbonyl (C=O) groups excluding carboxylic acids is 2. The number of halogens is 1. The van der Waals surface area contributed by atoms with Gasteiger partial charge in [0.1, 0.15) is 6.17 Å². The Morgan fingerprint density at radius 1 is 1.07 bits per heavy atom. The Hall–Kier alpha value is -3.41. The van der Waals surface area contributed by atoms with Gasteiger partial charge in [-0.15, -0.1) is 0 Å². The molecule has 4 atom stereocenters. The van der Waals surface area contributed by atoms with Gasteiger partial charge in [0, 0.05) is 43.3 Å². The van der Waals surface area contributed by atoms with Gasteiger partial charge in [0.05, 0.1) is 11.6 Å². The molecule has 2 aromatic carbocycles. The Morgan fingerprint density at radius 3 is 2.58 bits per heavy atom. The zero-order valence-corrected chi connectivity index (χ0v) is 24.2. The minimum atomic E-state index is -1.33. The molecule has 6 heteroatoms. The number of hydrogen-bond acceptors (Lipinski definition) is 3. The van der Waals surface area contributed by atoms with Crippen LogP contribution >= 0.6 is 0 Å². The van der Waals surface area contributed by atoms with Crippen molar-refractivity contribution in [2.75, 3.05) is 29.9 Å². The maximum atomic E-state index is 15.3. The van der Waals surface area contributed by atoms with Crippen molar-refractivity contribution in [3.8, 4) is 0 Å². The molecule has 2 aromatic rings. The number of hydrogen-bond donors (Lipinski definition) is 1. The number of piperidine rings is 1. The number of nitrogens with one attached hydrogen (secondary N) is 1. The quantitative estimate of drug-likeness (QED) is 0.423. The van der Waals surface area contributed by atoms with Crippen LogP contribution in [0.2, 0.25) is 0 Å². The molecule has 2 fully saturated rings. The highest BCUT2D eigenvalue weighted by Gasteiger charge is 2.40. The topological polar surface area (TPSA) is 52.7 Å². The highest BCUT2D eigenvalue weighted by atomic mass is 19.1. The van der Waals surface area contributed by atoms with E-state index in [-0.39, 0.29) is 41.7 Å². The molecule has 0 spiro atoms. The summed E-state index contributed by atoms with van der Waals surface area (Å²) in [5.41, 5.74) is 4.13. The van der Waals surface area contributed by atoms with E-state index < -0.39 is 6.17 Å². The van der Waals surface area contributed by atoms with Crippen LogP contribution in [0.5, 0.6) is 0 Å². The lowest BCUT2D eigenvalue weighted by molar-refractivity contribution is -0.134. The van der Waals surface area contributed by atoms with Crippen LogP contribution in [0.4, 0.5) is 15.8 Å². The molecule has 212 valence electrons. The van der Waals surface area contributed by atoms with Crippen molar-refractivity contribution in [1.29, 1.82) is 0 Å². The third kappa shape index (κ3) is 6.01. The first-order chi connectivity index (χ1) is 19.1. The Morgan fingerprint density at radius 2 is 1.85 bits per heavy atom. The molecule has 3 unspecified atom stereocenters. The first-order valence-electron chi connectivity index (χ1n) is 14.7. The minimum absolute atomic E-state index is 0.0629. The van der Waals surface area contributed by atoms with Gasteiger partial charge in [-0.1, -0.05) is 69.3 Å². The van der Waals surface area contributed by atoms with E-state index >= 15 is 4.39 Å². The second-order valence-electron chi connectivity index (χ2n) is 12.6. The largest absolute Gasteiger partial charge is 0.371 e. The number of nitrogens with zero attached hydrogens (tertiary/aromatic N) is 2. The van der Waals surface area contributed by atoms with Crippen LogP contribution in [-0.4, -0.2) is 42.5 Å². The highest BCUT2D eigenvalue weighted by Crippen LogP contribution is 2.41. The standard InChI is InChI=1S/C34H42FN3O2/c1-23-15-16-24(2)31(35)30(23)33(40)38-18-9-12-26(32(38)25-10-6-5-7-11-25)20-29(39)36-27-13-8-14-28(21-27)37-19-17-34(3,4)22-37/h5-8,10-11,13-16,21,24,26,31-32H,9,12,17-20,22H2,1-4H3,(H,36,39)/t24?,26-,31?,32?/m1/s1. The number of anilines is 2. The molecule has 1 N–H and O–H groups in total. The maximum absolute atomic E-state index is 15.3. The normalized spacial score (nSPS) is 26.2. The van der Waals surface area contributed by atoms with Crippen molar-refractivity contribution in [2.45, 2.75) is 65.6 Å². The Bertz CT molecular complexity index is 1300. The summed E-state index contributed by atoms with van der Waals surface area (Å²) in [7, 11) is 0. The molecule has 3 aliphatic rings. The van der Waals surface area contributed by atoms with E-state index in [1.165, 1.54) is 0 Å². The predicted octanol–water partition coefficient (Wildman–Crippen LogP) is 7.09. The molecule has 2 aliphatic heterocycles. The second kappa shape index (κ2) is 11.6. The van der Waals surface area contributed by atoms with Crippen molar-refractivity contribution in [3.05, 3.63) is 83.5 Å². The summed E-state index contributed by atoms with van der Waals surface area (Å²) in [6.45, 7) is 10.8. The van der Waals surface area contributed by atoms with E-state index in [2.05, 4.69) is 36.2 Å². The first kappa shape index (κ1) is 28.1. The minimum Gasteiger partial charge on any atom is -0.371 e. The summed E-state index contributed by atoms with van der Waals surface area (Å²) < 4.78 is 15.3. The molecule has 2 saturated heterocycles. The number of benzene rings is 2. The molecular formula is C34H42FN3O2. The zero-order chi connectivity index (χ0) is 28.4. The molecule has 0 bridgehead atoms. The SMILES string of the molecule is CC1=C(C(=O)N2CCC[C@H](CC(=O)Nc3cccc(N4CCC(C)(C)C4)c3)C2c2ccccc2)C(F)C(C)C=C1.